The monoisotopic (exact) mass is 486 g/mol. The van der Waals surface area contributed by atoms with Crippen molar-refractivity contribution in [2.75, 3.05) is 4.90 Å². The summed E-state index contributed by atoms with van der Waals surface area (Å²) >= 11 is 12.3. The lowest BCUT2D eigenvalue weighted by atomic mass is 9.90. The topological polar surface area (TPSA) is 50.5 Å². The average Bonchev–Trinajstić information content (AvgIpc) is 3.36. The van der Waals surface area contributed by atoms with Gasteiger partial charge in [0.25, 0.3) is 5.91 Å². The van der Waals surface area contributed by atoms with Crippen molar-refractivity contribution in [2.24, 2.45) is 4.99 Å². The molecule has 0 N–H and O–H groups in total. The average molecular weight is 487 g/mol. The van der Waals surface area contributed by atoms with Crippen LogP contribution in [-0.4, -0.2) is 28.1 Å². The Morgan fingerprint density at radius 2 is 1.94 bits per heavy atom. The predicted octanol–water partition coefficient (Wildman–Crippen LogP) is 6.33. The highest BCUT2D eigenvalue weighted by Crippen LogP contribution is 2.47. The molecule has 0 saturated heterocycles. The van der Waals surface area contributed by atoms with Crippen LogP contribution >= 0.6 is 23.2 Å². The number of carbonyl (C=O) groups is 1. The lowest BCUT2D eigenvalue weighted by Crippen LogP contribution is -2.35. The number of amidine groups is 1. The third-order valence-electron chi connectivity index (χ3n) is 5.94. The van der Waals surface area contributed by atoms with Gasteiger partial charge in [-0.2, -0.15) is 18.9 Å². The maximum Gasteiger partial charge on any atom is 0.320 e. The molecule has 5 rings (SSSR count). The molecule has 0 bridgehead atoms. The standard InChI is InChI=1S/C24H18Cl2F2N4O/c1-3-31-20(6-7-29-31)13-8-12(2)21-16(9-13)17-11-18(15-5-4-14(25)10-19(15)26)23(33)30-22(17)32(21)24(27)28/h4-11,17,24H,3H2,1-2H3. The molecular weight excluding hydrogens is 469 g/mol. The van der Waals surface area contributed by atoms with Gasteiger partial charge >= 0.3 is 6.55 Å². The zero-order chi connectivity index (χ0) is 23.4. The molecule has 168 valence electrons. The Kier molecular flexibility index (Phi) is 5.34. The molecule has 0 saturated carbocycles. The summed E-state index contributed by atoms with van der Waals surface area (Å²) in [6, 6.07) is 10.4. The fourth-order valence-electron chi connectivity index (χ4n) is 4.55. The van der Waals surface area contributed by atoms with E-state index in [2.05, 4.69) is 10.1 Å². The number of hydrogen-bond donors (Lipinski definition) is 0. The third kappa shape index (κ3) is 3.47. The Hall–Kier alpha value is -3.03. The van der Waals surface area contributed by atoms with Gasteiger partial charge in [-0.1, -0.05) is 35.3 Å². The van der Waals surface area contributed by atoms with E-state index in [4.69, 9.17) is 23.2 Å². The van der Waals surface area contributed by atoms with Gasteiger partial charge in [-0.05, 0) is 55.3 Å². The van der Waals surface area contributed by atoms with Crippen molar-refractivity contribution in [1.29, 1.82) is 0 Å². The molecule has 2 aliphatic heterocycles. The number of amides is 1. The van der Waals surface area contributed by atoms with Gasteiger partial charge in [0, 0.05) is 34.5 Å². The van der Waals surface area contributed by atoms with Crippen LogP contribution in [0.15, 0.2) is 53.7 Å². The Bertz CT molecular complexity index is 1360. The quantitative estimate of drug-likeness (QED) is 0.404. The first-order chi connectivity index (χ1) is 15.8. The van der Waals surface area contributed by atoms with E-state index >= 15 is 0 Å². The number of carbonyl (C=O) groups excluding carboxylic acids is 1. The molecule has 3 heterocycles. The van der Waals surface area contributed by atoms with E-state index in [9.17, 15) is 13.6 Å². The van der Waals surface area contributed by atoms with Crippen molar-refractivity contribution >= 4 is 46.2 Å². The first-order valence-electron chi connectivity index (χ1n) is 10.3. The van der Waals surface area contributed by atoms with E-state index in [1.807, 2.05) is 29.8 Å². The molecule has 1 atom stereocenters. The lowest BCUT2D eigenvalue weighted by Gasteiger charge is -2.23. The van der Waals surface area contributed by atoms with Gasteiger partial charge in [-0.15, -0.1) is 0 Å². The van der Waals surface area contributed by atoms with E-state index in [0.29, 0.717) is 39.0 Å². The number of fused-ring (bicyclic) bond motifs is 3. The highest BCUT2D eigenvalue weighted by atomic mass is 35.5. The molecule has 3 aromatic rings. The minimum absolute atomic E-state index is 0.0167. The van der Waals surface area contributed by atoms with E-state index in [1.165, 1.54) is 6.07 Å². The number of alkyl halides is 2. The van der Waals surface area contributed by atoms with Crippen molar-refractivity contribution in [3.63, 3.8) is 0 Å². The van der Waals surface area contributed by atoms with Crippen LogP contribution in [-0.2, 0) is 11.3 Å². The highest BCUT2D eigenvalue weighted by molar-refractivity contribution is 6.38. The van der Waals surface area contributed by atoms with Gasteiger partial charge in [0.2, 0.25) is 0 Å². The lowest BCUT2D eigenvalue weighted by molar-refractivity contribution is -0.112. The number of rotatable bonds is 4. The van der Waals surface area contributed by atoms with E-state index in [1.54, 1.807) is 31.3 Å². The fraction of sp³-hybridized carbons (Fsp3) is 0.208. The van der Waals surface area contributed by atoms with Gasteiger partial charge in [-0.3, -0.25) is 14.4 Å². The van der Waals surface area contributed by atoms with E-state index < -0.39 is 18.4 Å². The molecule has 2 aliphatic rings. The highest BCUT2D eigenvalue weighted by Gasteiger charge is 2.43. The number of dihydropyridines is 1. The van der Waals surface area contributed by atoms with E-state index in [-0.39, 0.29) is 11.4 Å². The molecule has 1 amide bonds. The second kappa shape index (κ2) is 8.08. The Morgan fingerprint density at radius 1 is 1.15 bits per heavy atom. The first kappa shape index (κ1) is 21.8. The van der Waals surface area contributed by atoms with Gasteiger partial charge in [0.05, 0.1) is 22.3 Å². The predicted molar refractivity (Wildman–Crippen MR) is 126 cm³/mol. The minimum atomic E-state index is -2.85. The van der Waals surface area contributed by atoms with Crippen LogP contribution in [0.5, 0.6) is 0 Å². The summed E-state index contributed by atoms with van der Waals surface area (Å²) in [5.41, 5.74) is 4.15. The Labute approximate surface area is 198 Å². The maximum absolute atomic E-state index is 14.2. The van der Waals surface area contributed by atoms with Crippen LogP contribution in [0.1, 0.15) is 29.5 Å². The van der Waals surface area contributed by atoms with Crippen molar-refractivity contribution in [3.8, 4) is 11.3 Å². The van der Waals surface area contributed by atoms with Gasteiger partial charge in [0.1, 0.15) is 5.84 Å². The smallest absolute Gasteiger partial charge is 0.271 e. The summed E-state index contributed by atoms with van der Waals surface area (Å²) in [4.78, 5) is 17.8. The third-order valence-corrected chi connectivity index (χ3v) is 6.49. The second-order valence-corrected chi connectivity index (χ2v) is 8.71. The number of halogens is 4. The van der Waals surface area contributed by atoms with Crippen molar-refractivity contribution in [1.82, 2.24) is 9.78 Å². The number of anilines is 1. The van der Waals surface area contributed by atoms with Gasteiger partial charge in [-0.25, -0.2) is 0 Å². The summed E-state index contributed by atoms with van der Waals surface area (Å²) in [6.45, 7) is 1.59. The summed E-state index contributed by atoms with van der Waals surface area (Å²) < 4.78 is 30.2. The molecule has 1 unspecified atom stereocenters. The Morgan fingerprint density at radius 3 is 2.64 bits per heavy atom. The molecule has 33 heavy (non-hydrogen) atoms. The minimum Gasteiger partial charge on any atom is -0.271 e. The zero-order valence-corrected chi connectivity index (χ0v) is 19.2. The molecule has 1 aromatic heterocycles. The number of aromatic nitrogens is 2. The molecule has 0 fully saturated rings. The first-order valence-corrected chi connectivity index (χ1v) is 11.1. The SMILES string of the molecule is CCn1nccc1-c1cc(C)c2c(c1)C1C=C(c3ccc(Cl)cc3Cl)C(=O)N=C1N2C(F)F. The normalized spacial score (nSPS) is 17.2. The number of benzene rings is 2. The summed E-state index contributed by atoms with van der Waals surface area (Å²) in [5, 5.41) is 5.04. The van der Waals surface area contributed by atoms with Crippen molar-refractivity contribution in [3.05, 3.63) is 75.4 Å². The number of nitrogens with zero attached hydrogens (tertiary/aromatic N) is 4. The molecule has 2 aromatic carbocycles. The number of aryl methyl sites for hydroxylation is 2. The number of hydrogen-bond acceptors (Lipinski definition) is 3. The maximum atomic E-state index is 14.2. The summed E-state index contributed by atoms with van der Waals surface area (Å²) in [5.74, 6) is -1.22. The van der Waals surface area contributed by atoms with Crippen LogP contribution in [0.3, 0.4) is 0 Å². The van der Waals surface area contributed by atoms with Gasteiger partial charge in [0.15, 0.2) is 0 Å². The van der Waals surface area contributed by atoms with Crippen LogP contribution < -0.4 is 4.90 Å². The molecule has 0 aliphatic carbocycles. The van der Waals surface area contributed by atoms with Crippen LogP contribution in [0.4, 0.5) is 14.5 Å². The summed E-state index contributed by atoms with van der Waals surface area (Å²) in [7, 11) is 0. The second-order valence-electron chi connectivity index (χ2n) is 7.87. The molecule has 5 nitrogen and oxygen atoms in total. The molecule has 9 heteroatoms. The van der Waals surface area contributed by atoms with Crippen LogP contribution in [0, 0.1) is 6.92 Å². The van der Waals surface area contributed by atoms with E-state index in [0.717, 1.165) is 16.2 Å². The number of aliphatic imine (C=N–C) groups is 1. The fourth-order valence-corrected chi connectivity index (χ4v) is 5.06. The molecular formula is C24H18Cl2F2N4O. The molecule has 0 spiro atoms. The van der Waals surface area contributed by atoms with Crippen LogP contribution in [0.25, 0.3) is 16.8 Å². The molecule has 0 radical (unpaired) electrons. The zero-order valence-electron chi connectivity index (χ0n) is 17.7. The van der Waals surface area contributed by atoms with Gasteiger partial charge < -0.3 is 0 Å². The Balaban J connectivity index is 1.71. The van der Waals surface area contributed by atoms with Crippen molar-refractivity contribution in [2.45, 2.75) is 32.9 Å². The largest absolute Gasteiger partial charge is 0.320 e. The van der Waals surface area contributed by atoms with Crippen LogP contribution in [0.2, 0.25) is 10.0 Å². The van der Waals surface area contributed by atoms with Crippen molar-refractivity contribution < 1.29 is 13.6 Å². The summed E-state index contributed by atoms with van der Waals surface area (Å²) in [6.07, 6.45) is 3.38.